The number of fused-ring (bicyclic) bond motifs is 2. The fourth-order valence-corrected chi connectivity index (χ4v) is 6.01. The Morgan fingerprint density at radius 3 is 2.67 bits per heavy atom. The van der Waals surface area contributed by atoms with Crippen molar-refractivity contribution in [1.29, 1.82) is 0 Å². The van der Waals surface area contributed by atoms with Gasteiger partial charge in [-0.1, -0.05) is 19.3 Å². The highest BCUT2D eigenvalue weighted by atomic mass is 16.5. The van der Waals surface area contributed by atoms with E-state index in [-0.39, 0.29) is 6.42 Å². The van der Waals surface area contributed by atoms with E-state index in [9.17, 15) is 19.5 Å². The molecule has 1 aliphatic carbocycles. The van der Waals surface area contributed by atoms with Gasteiger partial charge in [0.1, 0.15) is 23.9 Å². The number of furan rings is 1. The van der Waals surface area contributed by atoms with Gasteiger partial charge in [-0.15, -0.1) is 0 Å². The summed E-state index contributed by atoms with van der Waals surface area (Å²) in [6.07, 6.45) is 10.6. The zero-order valence-corrected chi connectivity index (χ0v) is 23.6. The van der Waals surface area contributed by atoms with E-state index < -0.39 is 30.5 Å². The van der Waals surface area contributed by atoms with Gasteiger partial charge in [-0.05, 0) is 67.3 Å². The minimum Gasteiger partial charge on any atom is -0.482 e. The van der Waals surface area contributed by atoms with Crippen molar-refractivity contribution in [3.8, 4) is 17.1 Å². The van der Waals surface area contributed by atoms with Crippen molar-refractivity contribution >= 4 is 39.8 Å². The van der Waals surface area contributed by atoms with Crippen molar-refractivity contribution in [3.63, 3.8) is 0 Å². The molecule has 11 heteroatoms. The van der Waals surface area contributed by atoms with E-state index in [1.165, 1.54) is 6.42 Å². The molecule has 3 aromatic heterocycles. The third-order valence-corrected chi connectivity index (χ3v) is 8.13. The Labute approximate surface area is 246 Å². The van der Waals surface area contributed by atoms with Crippen molar-refractivity contribution in [1.82, 2.24) is 19.9 Å². The summed E-state index contributed by atoms with van der Waals surface area (Å²) < 4.78 is 12.9. The first-order valence-corrected chi connectivity index (χ1v) is 14.3. The van der Waals surface area contributed by atoms with Crippen LogP contribution < -0.4 is 10.1 Å². The number of benzene rings is 2. The number of H-pyrrole nitrogens is 1. The number of carbonyl (C=O) groups is 3. The molecule has 43 heavy (non-hydrogen) atoms. The Hall–Kier alpha value is -5.06. The zero-order chi connectivity index (χ0) is 30.1. The van der Waals surface area contributed by atoms with Gasteiger partial charge < -0.3 is 34.2 Å². The lowest BCUT2D eigenvalue weighted by Gasteiger charge is -2.25. The van der Waals surface area contributed by atoms with Crippen LogP contribution in [0.15, 0.2) is 59.5 Å². The van der Waals surface area contributed by atoms with Gasteiger partial charge in [-0.25, -0.2) is 14.6 Å². The molecule has 1 fully saturated rings. The number of hydrogen-bond acceptors (Lipinski definition) is 6. The summed E-state index contributed by atoms with van der Waals surface area (Å²) in [6.45, 7) is 1.35. The monoisotopic (exact) mass is 584 g/mol. The number of carboxylic acids is 2. The second kappa shape index (κ2) is 11.7. The van der Waals surface area contributed by atoms with Gasteiger partial charge in [0.25, 0.3) is 5.91 Å². The summed E-state index contributed by atoms with van der Waals surface area (Å²) in [5.74, 6) is -1.65. The Bertz CT molecular complexity index is 1810. The number of aromatic amines is 1. The maximum Gasteiger partial charge on any atom is 0.341 e. The number of aliphatic carboxylic acids is 2. The van der Waals surface area contributed by atoms with E-state index in [4.69, 9.17) is 19.2 Å². The zero-order valence-electron chi connectivity index (χ0n) is 23.6. The summed E-state index contributed by atoms with van der Waals surface area (Å²) in [4.78, 5) is 44.7. The smallest absolute Gasteiger partial charge is 0.341 e. The van der Waals surface area contributed by atoms with E-state index in [1.54, 1.807) is 43.0 Å². The fourth-order valence-electron chi connectivity index (χ4n) is 6.01. The average molecular weight is 585 g/mol. The number of amides is 1. The van der Waals surface area contributed by atoms with Crippen molar-refractivity contribution in [2.75, 3.05) is 6.61 Å². The van der Waals surface area contributed by atoms with Crippen LogP contribution in [0.4, 0.5) is 0 Å². The number of imidazole rings is 1. The van der Waals surface area contributed by atoms with Gasteiger partial charge in [0.2, 0.25) is 0 Å². The van der Waals surface area contributed by atoms with Crippen molar-refractivity contribution in [3.05, 3.63) is 71.8 Å². The molecule has 0 saturated heterocycles. The van der Waals surface area contributed by atoms with Gasteiger partial charge in [0.05, 0.1) is 22.9 Å². The molecule has 0 aliphatic heterocycles. The Kier molecular flexibility index (Phi) is 7.62. The minimum absolute atomic E-state index is 0.00565. The highest BCUT2D eigenvalue weighted by Crippen LogP contribution is 2.37. The Morgan fingerprint density at radius 2 is 1.95 bits per heavy atom. The number of carboxylic acid groups (broad SMARTS) is 2. The molecule has 0 unspecified atom stereocenters. The first-order chi connectivity index (χ1) is 20.8. The van der Waals surface area contributed by atoms with E-state index in [1.807, 2.05) is 19.1 Å². The molecule has 0 spiro atoms. The highest BCUT2D eigenvalue weighted by Gasteiger charge is 2.27. The number of aromatic nitrogens is 3. The number of nitrogens with zero attached hydrogens (tertiary/aromatic N) is 2. The second-order valence-electron chi connectivity index (χ2n) is 11.0. The van der Waals surface area contributed by atoms with E-state index >= 15 is 0 Å². The van der Waals surface area contributed by atoms with Crippen LogP contribution >= 0.6 is 0 Å². The van der Waals surface area contributed by atoms with E-state index in [2.05, 4.69) is 14.9 Å². The molecule has 6 rings (SSSR count). The predicted octanol–water partition coefficient (Wildman–Crippen LogP) is 5.48. The van der Waals surface area contributed by atoms with E-state index in [0.29, 0.717) is 33.8 Å². The molecular weight excluding hydrogens is 552 g/mol. The van der Waals surface area contributed by atoms with Gasteiger partial charge in [-0.3, -0.25) is 4.79 Å². The Morgan fingerprint density at radius 1 is 1.14 bits per heavy atom. The normalized spacial score (nSPS) is 14.6. The minimum atomic E-state index is -1.22. The largest absolute Gasteiger partial charge is 0.482 e. The summed E-state index contributed by atoms with van der Waals surface area (Å²) in [6, 6.07) is 9.68. The van der Waals surface area contributed by atoms with Crippen molar-refractivity contribution in [2.24, 2.45) is 0 Å². The number of rotatable bonds is 10. The van der Waals surface area contributed by atoms with Crippen LogP contribution in [0.5, 0.6) is 5.75 Å². The summed E-state index contributed by atoms with van der Waals surface area (Å²) in [5.41, 5.74) is 4.92. The number of carbonyl (C=O) groups excluding carboxylic acids is 1. The molecule has 4 N–H and O–H groups in total. The van der Waals surface area contributed by atoms with Crippen LogP contribution in [0, 0.1) is 6.92 Å². The van der Waals surface area contributed by atoms with Crippen molar-refractivity contribution in [2.45, 2.75) is 57.5 Å². The fraction of sp³-hybridized carbons (Fsp3) is 0.312. The third kappa shape index (κ3) is 5.70. The van der Waals surface area contributed by atoms with Crippen LogP contribution in [0.1, 0.15) is 59.6 Å². The van der Waals surface area contributed by atoms with Gasteiger partial charge >= 0.3 is 11.9 Å². The molecule has 1 amide bonds. The molecular formula is C32H32N4O7. The number of aryl methyl sites for hydroxylation is 1. The maximum absolute atomic E-state index is 13.5. The van der Waals surface area contributed by atoms with Crippen molar-refractivity contribution < 1.29 is 33.8 Å². The number of ether oxygens (including phenoxy) is 1. The first-order valence-electron chi connectivity index (χ1n) is 14.3. The quantitative estimate of drug-likeness (QED) is 0.168. The molecule has 222 valence electrons. The predicted molar refractivity (Wildman–Crippen MR) is 158 cm³/mol. The summed E-state index contributed by atoms with van der Waals surface area (Å²) in [5, 5.41) is 22.3. The van der Waals surface area contributed by atoms with Gasteiger partial charge in [-0.2, -0.15) is 0 Å². The molecule has 1 saturated carbocycles. The van der Waals surface area contributed by atoms with Crippen LogP contribution in [-0.2, 0) is 16.0 Å². The number of nitrogens with one attached hydrogen (secondary N) is 2. The van der Waals surface area contributed by atoms with Gasteiger partial charge in [0.15, 0.2) is 6.61 Å². The summed E-state index contributed by atoms with van der Waals surface area (Å²) in [7, 11) is 0. The maximum atomic E-state index is 13.5. The molecule has 1 aliphatic rings. The molecule has 3 heterocycles. The SMILES string of the molecule is Cc1cc2c(cc1C(=O)N[C@@H](Cc1c[nH]c3ccc(OCC(=O)O)cc13)C(=O)O)nc(-c1ccoc1)n2C1CCCCC1. The molecule has 2 aromatic carbocycles. The lowest BCUT2D eigenvalue weighted by Crippen LogP contribution is -2.42. The molecule has 11 nitrogen and oxygen atoms in total. The topological polar surface area (TPSA) is 160 Å². The molecule has 0 radical (unpaired) electrons. The van der Waals surface area contributed by atoms with Gasteiger partial charge in [0, 0.05) is 35.1 Å². The summed E-state index contributed by atoms with van der Waals surface area (Å²) >= 11 is 0. The lowest BCUT2D eigenvalue weighted by molar-refractivity contribution is -0.140. The van der Waals surface area contributed by atoms with E-state index in [0.717, 1.165) is 53.7 Å². The third-order valence-electron chi connectivity index (χ3n) is 8.13. The van der Waals surface area contributed by atoms with Crippen LogP contribution in [0.2, 0.25) is 0 Å². The highest BCUT2D eigenvalue weighted by molar-refractivity contribution is 6.01. The lowest BCUT2D eigenvalue weighted by atomic mass is 9.94. The van der Waals surface area contributed by atoms with Crippen LogP contribution in [0.3, 0.4) is 0 Å². The molecule has 1 atom stereocenters. The first kappa shape index (κ1) is 28.1. The molecule has 5 aromatic rings. The number of hydrogen-bond donors (Lipinski definition) is 4. The van der Waals surface area contributed by atoms with Crippen LogP contribution in [-0.4, -0.2) is 55.2 Å². The second-order valence-corrected chi connectivity index (χ2v) is 11.0. The van der Waals surface area contributed by atoms with Crippen LogP contribution in [0.25, 0.3) is 33.3 Å². The Balaban J connectivity index is 1.28. The standard InChI is InChI=1S/C32H32N4O7/c1-18-11-28-26(34-30(19-9-10-42-16-19)36(28)21-5-3-2-4-6-21)14-23(18)31(39)35-27(32(40)41)12-20-15-33-25-8-7-22(13-24(20)25)43-17-29(37)38/h7-11,13-16,21,27,33H,2-6,12,17H2,1H3,(H,35,39)(H,37,38)(H,40,41)/t27-/m0/s1. The molecule has 0 bridgehead atoms. The average Bonchev–Trinajstić information content (AvgIpc) is 3.74.